The van der Waals surface area contributed by atoms with Crippen LogP contribution >= 0.6 is 21.6 Å². The number of nitrogens with zero attached hydrogens (tertiary/aromatic N) is 2. The van der Waals surface area contributed by atoms with Crippen LogP contribution < -0.4 is 4.66 Å². The van der Waals surface area contributed by atoms with Crippen molar-refractivity contribution in [1.29, 1.82) is 0 Å². The van der Waals surface area contributed by atoms with Crippen LogP contribution in [-0.4, -0.2) is 72.5 Å². The normalized spacial score (nSPS) is 27.6. The summed E-state index contributed by atoms with van der Waals surface area (Å²) in [7, 11) is 0.295. The molecule has 2 heterocycles. The summed E-state index contributed by atoms with van der Waals surface area (Å²) < 4.78 is 30.2. The number of halogens is 1. The maximum atomic E-state index is 8.83. The third kappa shape index (κ3) is 8.18. The second-order valence-corrected chi connectivity index (χ2v) is 13.2. The Bertz CT molecular complexity index is 468. The van der Waals surface area contributed by atoms with Gasteiger partial charge in [0, 0.05) is 22.6 Å². The molecule has 0 bridgehead atoms. The Labute approximate surface area is 198 Å². The van der Waals surface area contributed by atoms with Crippen molar-refractivity contribution in [3.05, 3.63) is 0 Å². The van der Waals surface area contributed by atoms with Crippen molar-refractivity contribution in [3.8, 4) is 0 Å². The minimum absolute atomic E-state index is 0.555. The van der Waals surface area contributed by atoms with Crippen LogP contribution in [-0.2, 0) is 0 Å². The molecule has 6 nitrogen and oxygen atoms in total. The molecule has 0 radical (unpaired) electrons. The van der Waals surface area contributed by atoms with Gasteiger partial charge in [0.05, 0.1) is 0 Å². The Morgan fingerprint density at radius 2 is 0.871 bits per heavy atom. The van der Waals surface area contributed by atoms with E-state index in [1.54, 1.807) is 0 Å². The molecule has 4 rings (SSSR count). The number of hydrogen-bond donors (Lipinski definition) is 3. The molecule has 0 unspecified atom stereocenters. The Hall–Kier alpha value is 0.750. The maximum absolute atomic E-state index is 8.83. The van der Waals surface area contributed by atoms with Crippen LogP contribution in [0.3, 0.4) is 0 Å². The molecule has 0 aromatic heterocycles. The Morgan fingerprint density at radius 1 is 0.581 bits per heavy atom. The van der Waals surface area contributed by atoms with Gasteiger partial charge in [-0.15, -0.1) is 0 Å². The number of rotatable bonds is 7. The van der Waals surface area contributed by atoms with Crippen molar-refractivity contribution >= 4 is 21.6 Å². The van der Waals surface area contributed by atoms with Gasteiger partial charge in [0.2, 0.25) is 0 Å². The average molecular weight is 499 g/mol. The minimum atomic E-state index is -4.19. The van der Waals surface area contributed by atoms with E-state index in [-0.39, 0.29) is 0 Å². The molecule has 9 heteroatoms. The van der Waals surface area contributed by atoms with Gasteiger partial charge in [-0.1, -0.05) is 60.1 Å². The van der Waals surface area contributed by atoms with Gasteiger partial charge in [-0.3, -0.25) is 9.80 Å². The third-order valence-electron chi connectivity index (χ3n) is 7.86. The summed E-state index contributed by atoms with van der Waals surface area (Å²) in [5.41, 5.74) is 1.11. The second kappa shape index (κ2) is 12.5. The fourth-order valence-electron chi connectivity index (χ4n) is 6.21. The van der Waals surface area contributed by atoms with E-state index in [1.807, 2.05) is 0 Å². The Morgan fingerprint density at radius 3 is 1.16 bits per heavy atom. The number of likely N-dealkylation sites (tertiary alicyclic amines) is 2. The van der Waals surface area contributed by atoms with Gasteiger partial charge < -0.3 is 0 Å². The van der Waals surface area contributed by atoms with Gasteiger partial charge in [-0.05, 0) is 77.5 Å². The zero-order chi connectivity index (χ0) is 22.2. The summed E-state index contributed by atoms with van der Waals surface area (Å²) >= 11 is 0. The summed E-state index contributed by atoms with van der Waals surface area (Å²) in [5, 5.41) is 0. The average Bonchev–Trinajstić information content (AvgIpc) is 3.46. The SMILES string of the molecule is C1CCC(CSSCC2(N3CCCC3)CCCCC2)(N2CCCC2)CC1.[O-][Cl+](O)(O)O. The van der Waals surface area contributed by atoms with Crippen molar-refractivity contribution in [1.82, 2.24) is 9.80 Å². The van der Waals surface area contributed by atoms with E-state index >= 15 is 0 Å². The molecule has 2 aliphatic carbocycles. The topological polar surface area (TPSA) is 90.2 Å². The fraction of sp³-hybridized carbons (Fsp3) is 1.00. The van der Waals surface area contributed by atoms with Crippen LogP contribution in [0.4, 0.5) is 0 Å². The third-order valence-corrected chi connectivity index (χ3v) is 10.5. The van der Waals surface area contributed by atoms with Crippen LogP contribution in [0, 0.1) is 10.2 Å². The van der Waals surface area contributed by atoms with Crippen LogP contribution in [0.1, 0.15) is 89.9 Å². The van der Waals surface area contributed by atoms with Crippen LogP contribution in [0.15, 0.2) is 0 Å². The molecule has 2 aliphatic heterocycles. The molecule has 3 N–H and O–H groups in total. The summed E-state index contributed by atoms with van der Waals surface area (Å²) in [6.45, 7) is 5.51. The zero-order valence-electron chi connectivity index (χ0n) is 19.0. The van der Waals surface area contributed by atoms with Gasteiger partial charge in [0.1, 0.15) is 0 Å². The Kier molecular flexibility index (Phi) is 10.6. The molecule has 0 atom stereocenters. The predicted octanol–water partition coefficient (Wildman–Crippen LogP) is 3.11. The van der Waals surface area contributed by atoms with Gasteiger partial charge in [-0.2, -0.15) is 0 Å². The number of hydrogen-bond acceptors (Lipinski definition) is 8. The van der Waals surface area contributed by atoms with E-state index in [4.69, 9.17) is 18.6 Å². The van der Waals surface area contributed by atoms with Crippen molar-refractivity contribution in [2.24, 2.45) is 0 Å². The van der Waals surface area contributed by atoms with Crippen molar-refractivity contribution in [3.63, 3.8) is 0 Å². The molecule has 31 heavy (non-hydrogen) atoms. The summed E-state index contributed by atoms with van der Waals surface area (Å²) in [6, 6.07) is 0. The fourth-order valence-corrected chi connectivity index (χ4v) is 9.57. The quantitative estimate of drug-likeness (QED) is 0.364. The van der Waals surface area contributed by atoms with E-state index in [0.29, 0.717) is 11.1 Å². The van der Waals surface area contributed by atoms with E-state index in [2.05, 4.69) is 31.4 Å². The van der Waals surface area contributed by atoms with E-state index in [9.17, 15) is 0 Å². The van der Waals surface area contributed by atoms with E-state index < -0.39 is 10.2 Å². The molecule has 184 valence electrons. The molecule has 2 saturated heterocycles. The Balaban J connectivity index is 0.000000491. The van der Waals surface area contributed by atoms with E-state index in [0.717, 1.165) is 0 Å². The standard InChI is InChI=1S/C22H40N2S2.ClH3O4/c1-3-11-21(12-4-1,23-15-7-8-16-23)19-25-26-20-22(13-5-2-6-14-22)24-17-9-10-18-24;2-1(3,4)5/h1-20H2;2-4H. The first-order chi connectivity index (χ1) is 14.8. The molecule has 2 saturated carbocycles. The van der Waals surface area contributed by atoms with E-state index in [1.165, 1.54) is 128 Å². The predicted molar refractivity (Wildman–Crippen MR) is 125 cm³/mol. The molecule has 0 aromatic rings. The van der Waals surface area contributed by atoms with Crippen molar-refractivity contribution < 1.29 is 28.9 Å². The van der Waals surface area contributed by atoms with Crippen LogP contribution in [0.25, 0.3) is 0 Å². The van der Waals surface area contributed by atoms with Gasteiger partial charge in [0.15, 0.2) is 0 Å². The summed E-state index contributed by atoms with van der Waals surface area (Å²) in [5.74, 6) is 2.77. The monoisotopic (exact) mass is 498 g/mol. The zero-order valence-corrected chi connectivity index (χ0v) is 21.4. The molecular weight excluding hydrogens is 456 g/mol. The molecule has 0 amide bonds. The summed E-state index contributed by atoms with van der Waals surface area (Å²) in [6.07, 6.45) is 20.5. The first-order valence-electron chi connectivity index (χ1n) is 12.2. The van der Waals surface area contributed by atoms with Gasteiger partial charge >= 0.3 is 28.9 Å². The molecule has 4 fully saturated rings. The first kappa shape index (κ1) is 26.4. The molecule has 0 aromatic carbocycles. The summed E-state index contributed by atoms with van der Waals surface area (Å²) in [4.78, 5) is 5.80. The van der Waals surface area contributed by atoms with Crippen LogP contribution in [0.5, 0.6) is 0 Å². The van der Waals surface area contributed by atoms with Gasteiger partial charge in [0.25, 0.3) is 0 Å². The van der Waals surface area contributed by atoms with Gasteiger partial charge in [-0.25, -0.2) is 0 Å². The van der Waals surface area contributed by atoms with Crippen molar-refractivity contribution in [2.45, 2.75) is 101 Å². The molecule has 4 aliphatic rings. The molecule has 0 spiro atoms. The second-order valence-electron chi connectivity index (χ2n) is 9.92. The molecular formula is C22H43ClN2O4S2. The van der Waals surface area contributed by atoms with Crippen molar-refractivity contribution in [2.75, 3.05) is 37.7 Å². The van der Waals surface area contributed by atoms with Crippen LogP contribution in [0.2, 0.25) is 0 Å². The first-order valence-corrected chi connectivity index (χ1v) is 16.0.